The van der Waals surface area contributed by atoms with Crippen LogP contribution in [0.5, 0.6) is 0 Å². The Morgan fingerprint density at radius 1 is 1.20 bits per heavy atom. The summed E-state index contributed by atoms with van der Waals surface area (Å²) in [6, 6.07) is 9.69. The summed E-state index contributed by atoms with van der Waals surface area (Å²) in [6.45, 7) is 4.87. The number of hydrogen-bond donors (Lipinski definition) is 1. The van der Waals surface area contributed by atoms with Crippen LogP contribution in [0, 0.1) is 6.92 Å². The van der Waals surface area contributed by atoms with Crippen LogP contribution in [0.15, 0.2) is 42.7 Å². The molecule has 5 heteroatoms. The first-order valence-corrected chi connectivity index (χ1v) is 8.62. The van der Waals surface area contributed by atoms with Gasteiger partial charge in [0.15, 0.2) is 0 Å². The minimum atomic E-state index is -0.0458. The van der Waals surface area contributed by atoms with Crippen molar-refractivity contribution in [1.82, 2.24) is 15.2 Å². The van der Waals surface area contributed by atoms with Crippen molar-refractivity contribution < 1.29 is 9.59 Å². The number of aromatic nitrogens is 1. The summed E-state index contributed by atoms with van der Waals surface area (Å²) >= 11 is 0. The monoisotopic (exact) mass is 337 g/mol. The molecule has 0 unspecified atom stereocenters. The van der Waals surface area contributed by atoms with Crippen molar-refractivity contribution in [3.8, 4) is 11.1 Å². The second-order valence-corrected chi connectivity index (χ2v) is 6.56. The molecule has 3 rings (SSSR count). The van der Waals surface area contributed by atoms with Gasteiger partial charge in [-0.3, -0.25) is 14.6 Å². The number of carbonyl (C=O) groups is 2. The third kappa shape index (κ3) is 4.05. The first-order valence-electron chi connectivity index (χ1n) is 8.62. The smallest absolute Gasteiger partial charge is 0.253 e. The molecule has 0 saturated carbocycles. The first kappa shape index (κ1) is 17.1. The zero-order chi connectivity index (χ0) is 17.8. The summed E-state index contributed by atoms with van der Waals surface area (Å²) in [5, 5.41) is 2.92. The van der Waals surface area contributed by atoms with Crippen molar-refractivity contribution in [2.24, 2.45) is 0 Å². The lowest BCUT2D eigenvalue weighted by Crippen LogP contribution is -2.49. The zero-order valence-electron chi connectivity index (χ0n) is 14.7. The molecule has 1 N–H and O–H groups in total. The maximum atomic E-state index is 12.7. The molecule has 2 aromatic rings. The number of aryl methyl sites for hydroxylation is 1. The van der Waals surface area contributed by atoms with E-state index in [-0.39, 0.29) is 17.9 Å². The summed E-state index contributed by atoms with van der Waals surface area (Å²) in [5.41, 5.74) is 3.96. The molecule has 2 amide bonds. The van der Waals surface area contributed by atoms with Gasteiger partial charge in [-0.2, -0.15) is 0 Å². The Bertz CT molecular complexity index is 771. The number of rotatable bonds is 3. The van der Waals surface area contributed by atoms with Crippen molar-refractivity contribution in [2.45, 2.75) is 32.7 Å². The SMILES string of the molecule is CC(=O)N[C@@H]1CCCN(C(=O)c2ccc(-c3cnccc3C)cc2)C1. The van der Waals surface area contributed by atoms with E-state index in [1.807, 2.05) is 48.4 Å². The summed E-state index contributed by atoms with van der Waals surface area (Å²) in [6.07, 6.45) is 5.44. The highest BCUT2D eigenvalue weighted by Crippen LogP contribution is 2.23. The normalized spacial score (nSPS) is 17.2. The van der Waals surface area contributed by atoms with E-state index in [4.69, 9.17) is 0 Å². The van der Waals surface area contributed by atoms with Gasteiger partial charge in [-0.25, -0.2) is 0 Å². The summed E-state index contributed by atoms with van der Waals surface area (Å²) in [5.74, 6) is -0.0278. The van der Waals surface area contributed by atoms with Gasteiger partial charge in [-0.15, -0.1) is 0 Å². The minimum Gasteiger partial charge on any atom is -0.352 e. The lowest BCUT2D eigenvalue weighted by Gasteiger charge is -2.33. The predicted octanol–water partition coefficient (Wildman–Crippen LogP) is 2.80. The molecule has 0 radical (unpaired) electrons. The van der Waals surface area contributed by atoms with Gasteiger partial charge in [0.25, 0.3) is 5.91 Å². The van der Waals surface area contributed by atoms with E-state index in [9.17, 15) is 9.59 Å². The van der Waals surface area contributed by atoms with Crippen LogP contribution >= 0.6 is 0 Å². The molecular weight excluding hydrogens is 314 g/mol. The van der Waals surface area contributed by atoms with Crippen molar-refractivity contribution in [1.29, 1.82) is 0 Å². The van der Waals surface area contributed by atoms with E-state index < -0.39 is 0 Å². The van der Waals surface area contributed by atoms with Crippen LogP contribution < -0.4 is 5.32 Å². The van der Waals surface area contributed by atoms with E-state index in [1.54, 1.807) is 6.20 Å². The quantitative estimate of drug-likeness (QED) is 0.937. The maximum Gasteiger partial charge on any atom is 0.253 e. The fourth-order valence-electron chi connectivity index (χ4n) is 3.31. The van der Waals surface area contributed by atoms with Crippen LogP contribution in [0.4, 0.5) is 0 Å². The second-order valence-electron chi connectivity index (χ2n) is 6.56. The van der Waals surface area contributed by atoms with Crippen LogP contribution in [0.3, 0.4) is 0 Å². The summed E-state index contributed by atoms with van der Waals surface area (Å²) < 4.78 is 0. The van der Waals surface area contributed by atoms with Gasteiger partial charge in [0.1, 0.15) is 0 Å². The molecule has 1 fully saturated rings. The number of carbonyl (C=O) groups excluding carboxylic acids is 2. The number of nitrogens with zero attached hydrogens (tertiary/aromatic N) is 2. The summed E-state index contributed by atoms with van der Waals surface area (Å²) in [7, 11) is 0. The topological polar surface area (TPSA) is 62.3 Å². The van der Waals surface area contributed by atoms with Crippen molar-refractivity contribution in [3.05, 3.63) is 53.9 Å². The lowest BCUT2D eigenvalue weighted by molar-refractivity contribution is -0.120. The number of benzene rings is 1. The molecule has 0 bridgehead atoms. The van der Waals surface area contributed by atoms with E-state index in [0.29, 0.717) is 12.1 Å². The Balaban J connectivity index is 1.72. The third-order valence-electron chi connectivity index (χ3n) is 4.60. The highest BCUT2D eigenvalue weighted by atomic mass is 16.2. The van der Waals surface area contributed by atoms with Crippen molar-refractivity contribution >= 4 is 11.8 Å². The average Bonchev–Trinajstić information content (AvgIpc) is 2.61. The number of hydrogen-bond acceptors (Lipinski definition) is 3. The highest BCUT2D eigenvalue weighted by Gasteiger charge is 2.24. The van der Waals surface area contributed by atoms with Gasteiger partial charge in [-0.1, -0.05) is 12.1 Å². The number of likely N-dealkylation sites (tertiary alicyclic amines) is 1. The van der Waals surface area contributed by atoms with Gasteiger partial charge in [0, 0.05) is 49.6 Å². The van der Waals surface area contributed by atoms with Gasteiger partial charge in [0.05, 0.1) is 0 Å². The molecule has 25 heavy (non-hydrogen) atoms. The second kappa shape index (κ2) is 7.47. The van der Waals surface area contributed by atoms with Crippen LogP contribution in [0.1, 0.15) is 35.7 Å². The summed E-state index contributed by atoms with van der Waals surface area (Å²) in [4.78, 5) is 30.0. The van der Waals surface area contributed by atoms with Crippen LogP contribution in [0.25, 0.3) is 11.1 Å². The molecule has 1 aliphatic rings. The Morgan fingerprint density at radius 3 is 2.64 bits per heavy atom. The van der Waals surface area contributed by atoms with Crippen molar-refractivity contribution in [2.75, 3.05) is 13.1 Å². The number of pyridine rings is 1. The van der Waals surface area contributed by atoms with E-state index in [1.165, 1.54) is 6.92 Å². The standard InChI is InChI=1S/C20H23N3O2/c1-14-9-10-21-12-19(14)16-5-7-17(8-6-16)20(25)23-11-3-4-18(13-23)22-15(2)24/h5-10,12,18H,3-4,11,13H2,1-2H3,(H,22,24)/t18-/m1/s1. The maximum absolute atomic E-state index is 12.7. The van der Waals surface area contributed by atoms with Gasteiger partial charge < -0.3 is 10.2 Å². The number of amides is 2. The van der Waals surface area contributed by atoms with Crippen molar-refractivity contribution in [3.63, 3.8) is 0 Å². The minimum absolute atomic E-state index is 0.0181. The van der Waals surface area contributed by atoms with E-state index in [2.05, 4.69) is 10.3 Å². The Hall–Kier alpha value is -2.69. The zero-order valence-corrected chi connectivity index (χ0v) is 14.7. The molecule has 1 atom stereocenters. The largest absolute Gasteiger partial charge is 0.352 e. The molecule has 1 aliphatic heterocycles. The highest BCUT2D eigenvalue weighted by molar-refractivity contribution is 5.95. The molecule has 130 valence electrons. The molecule has 0 aliphatic carbocycles. The number of nitrogens with one attached hydrogen (secondary N) is 1. The molecule has 1 saturated heterocycles. The molecule has 2 heterocycles. The van der Waals surface area contributed by atoms with Gasteiger partial charge in [-0.05, 0) is 49.1 Å². The van der Waals surface area contributed by atoms with E-state index in [0.717, 1.165) is 36.1 Å². The van der Waals surface area contributed by atoms with Gasteiger partial charge in [0.2, 0.25) is 5.91 Å². The molecule has 0 spiro atoms. The Kier molecular flexibility index (Phi) is 5.12. The molecule has 1 aromatic carbocycles. The lowest BCUT2D eigenvalue weighted by atomic mass is 10.0. The Morgan fingerprint density at radius 2 is 1.96 bits per heavy atom. The number of piperidine rings is 1. The fourth-order valence-corrected chi connectivity index (χ4v) is 3.31. The van der Waals surface area contributed by atoms with Gasteiger partial charge >= 0.3 is 0 Å². The Labute approximate surface area is 148 Å². The predicted molar refractivity (Wildman–Crippen MR) is 97.2 cm³/mol. The van der Waals surface area contributed by atoms with Crippen LogP contribution in [-0.2, 0) is 4.79 Å². The average molecular weight is 337 g/mol. The molecule has 5 nitrogen and oxygen atoms in total. The van der Waals surface area contributed by atoms with Crippen LogP contribution in [-0.4, -0.2) is 40.8 Å². The molecule has 1 aromatic heterocycles. The van der Waals surface area contributed by atoms with Crippen LogP contribution in [0.2, 0.25) is 0 Å². The first-order chi connectivity index (χ1) is 12.0. The fraction of sp³-hybridized carbons (Fsp3) is 0.350. The molecular formula is C20H23N3O2. The van der Waals surface area contributed by atoms with E-state index >= 15 is 0 Å². The third-order valence-corrected chi connectivity index (χ3v) is 4.60.